The third-order valence-electron chi connectivity index (χ3n) is 5.04. The Hall–Kier alpha value is -2.63. The number of nitrogens with zero attached hydrogens (tertiary/aromatic N) is 3. The molecular weight excluding hydrogens is 330 g/mol. The fourth-order valence-corrected chi connectivity index (χ4v) is 3.30. The summed E-state index contributed by atoms with van der Waals surface area (Å²) in [6, 6.07) is 9.80. The highest BCUT2D eigenvalue weighted by molar-refractivity contribution is 5.81. The van der Waals surface area contributed by atoms with Gasteiger partial charge in [-0.15, -0.1) is 0 Å². The maximum Gasteiger partial charge on any atom is 0.225 e. The minimum absolute atomic E-state index is 0.1000. The van der Waals surface area contributed by atoms with Gasteiger partial charge in [-0.1, -0.05) is 30.3 Å². The minimum Gasteiger partial charge on any atom is -0.441 e. The number of carbonyl (C=O) groups excluding carboxylic acids is 2. The Balaban J connectivity index is 1.25. The molecule has 2 amide bonds. The summed E-state index contributed by atoms with van der Waals surface area (Å²) in [4.78, 5) is 32.5. The van der Waals surface area contributed by atoms with E-state index in [0.29, 0.717) is 44.9 Å². The number of hydrogen-bond donors (Lipinski definition) is 0. The molecule has 136 valence electrons. The molecule has 1 saturated carbocycles. The lowest BCUT2D eigenvalue weighted by molar-refractivity contribution is -0.140. The first-order valence-corrected chi connectivity index (χ1v) is 9.27. The third kappa shape index (κ3) is 3.79. The predicted octanol–water partition coefficient (Wildman–Crippen LogP) is 2.36. The number of oxazole rings is 1. The first-order chi connectivity index (χ1) is 12.7. The van der Waals surface area contributed by atoms with Crippen LogP contribution >= 0.6 is 0 Å². The average Bonchev–Trinajstić information content (AvgIpc) is 3.44. The third-order valence-corrected chi connectivity index (χ3v) is 5.04. The predicted molar refractivity (Wildman–Crippen MR) is 96.1 cm³/mol. The largest absolute Gasteiger partial charge is 0.441 e. The van der Waals surface area contributed by atoms with E-state index in [1.54, 1.807) is 6.20 Å². The Bertz CT molecular complexity index is 775. The van der Waals surface area contributed by atoms with Crippen molar-refractivity contribution in [2.24, 2.45) is 5.92 Å². The highest BCUT2D eigenvalue weighted by atomic mass is 16.4. The van der Waals surface area contributed by atoms with Crippen LogP contribution in [0.3, 0.4) is 0 Å². The van der Waals surface area contributed by atoms with E-state index in [4.69, 9.17) is 4.42 Å². The van der Waals surface area contributed by atoms with Crippen molar-refractivity contribution in [1.29, 1.82) is 0 Å². The molecule has 2 aliphatic rings. The van der Waals surface area contributed by atoms with E-state index in [2.05, 4.69) is 4.98 Å². The summed E-state index contributed by atoms with van der Waals surface area (Å²) in [5.41, 5.74) is 0.981. The van der Waals surface area contributed by atoms with E-state index in [1.807, 2.05) is 40.1 Å². The standard InChI is InChI=1S/C20H23N3O3/c24-19(22-10-12-23(13-11-22)20(25)16-6-7-16)9-8-18-21-14-17(26-18)15-4-2-1-3-5-15/h1-5,14,16H,6-13H2. The van der Waals surface area contributed by atoms with Gasteiger partial charge < -0.3 is 14.2 Å². The maximum absolute atomic E-state index is 12.4. The Morgan fingerprint density at radius 1 is 1.04 bits per heavy atom. The average molecular weight is 353 g/mol. The van der Waals surface area contributed by atoms with Crippen molar-refractivity contribution in [3.8, 4) is 11.3 Å². The fourth-order valence-electron chi connectivity index (χ4n) is 3.30. The van der Waals surface area contributed by atoms with Crippen LogP contribution in [-0.4, -0.2) is 52.8 Å². The number of aromatic nitrogens is 1. The lowest BCUT2D eigenvalue weighted by Gasteiger charge is -2.35. The van der Waals surface area contributed by atoms with Gasteiger partial charge in [-0.05, 0) is 12.8 Å². The van der Waals surface area contributed by atoms with Crippen LogP contribution in [0, 0.1) is 5.92 Å². The number of aryl methyl sites for hydroxylation is 1. The number of hydrogen-bond acceptors (Lipinski definition) is 4. The van der Waals surface area contributed by atoms with Gasteiger partial charge in [0.1, 0.15) is 0 Å². The van der Waals surface area contributed by atoms with Crippen LogP contribution in [-0.2, 0) is 16.0 Å². The zero-order valence-corrected chi connectivity index (χ0v) is 14.8. The van der Waals surface area contributed by atoms with Gasteiger partial charge in [0.05, 0.1) is 6.20 Å². The molecule has 0 radical (unpaired) electrons. The SMILES string of the molecule is O=C(CCc1ncc(-c2ccccc2)o1)N1CCN(C(=O)C2CC2)CC1. The highest BCUT2D eigenvalue weighted by Crippen LogP contribution is 2.31. The number of rotatable bonds is 5. The molecule has 1 saturated heterocycles. The van der Waals surface area contributed by atoms with Gasteiger partial charge in [0.15, 0.2) is 11.7 Å². The molecule has 0 unspecified atom stereocenters. The Morgan fingerprint density at radius 2 is 1.73 bits per heavy atom. The van der Waals surface area contributed by atoms with Gasteiger partial charge in [-0.3, -0.25) is 9.59 Å². The number of carbonyl (C=O) groups is 2. The molecule has 0 N–H and O–H groups in total. The van der Waals surface area contributed by atoms with Crippen LogP contribution in [0.5, 0.6) is 0 Å². The molecule has 2 aromatic rings. The van der Waals surface area contributed by atoms with Crippen LogP contribution < -0.4 is 0 Å². The zero-order valence-electron chi connectivity index (χ0n) is 14.8. The van der Waals surface area contributed by atoms with Gasteiger partial charge in [-0.25, -0.2) is 4.98 Å². The zero-order chi connectivity index (χ0) is 17.9. The molecule has 0 bridgehead atoms. The maximum atomic E-state index is 12.4. The van der Waals surface area contributed by atoms with Crippen LogP contribution in [0.4, 0.5) is 0 Å². The molecule has 26 heavy (non-hydrogen) atoms. The Labute approximate surface area is 152 Å². The number of piperazine rings is 1. The lowest BCUT2D eigenvalue weighted by atomic mass is 10.2. The van der Waals surface area contributed by atoms with Crippen molar-refractivity contribution >= 4 is 11.8 Å². The lowest BCUT2D eigenvalue weighted by Crippen LogP contribution is -2.51. The Kier molecular flexibility index (Phi) is 4.73. The molecule has 2 fully saturated rings. The van der Waals surface area contributed by atoms with Gasteiger partial charge in [-0.2, -0.15) is 0 Å². The highest BCUT2D eigenvalue weighted by Gasteiger charge is 2.35. The molecule has 0 atom stereocenters. The first-order valence-electron chi connectivity index (χ1n) is 9.27. The van der Waals surface area contributed by atoms with Gasteiger partial charge in [0.25, 0.3) is 0 Å². The molecule has 1 aliphatic heterocycles. The second-order valence-electron chi connectivity index (χ2n) is 6.96. The molecule has 2 heterocycles. The van der Waals surface area contributed by atoms with Crippen molar-refractivity contribution in [3.05, 3.63) is 42.4 Å². The molecule has 4 rings (SSSR count). The molecule has 0 spiro atoms. The minimum atomic E-state index is 0.1000. The van der Waals surface area contributed by atoms with E-state index in [9.17, 15) is 9.59 Å². The van der Waals surface area contributed by atoms with E-state index in [-0.39, 0.29) is 17.7 Å². The molecule has 6 nitrogen and oxygen atoms in total. The summed E-state index contributed by atoms with van der Waals surface area (Å²) in [5, 5.41) is 0. The van der Waals surface area contributed by atoms with Gasteiger partial charge in [0.2, 0.25) is 11.8 Å². The summed E-state index contributed by atoms with van der Waals surface area (Å²) in [6.45, 7) is 2.55. The monoisotopic (exact) mass is 353 g/mol. The molecular formula is C20H23N3O3. The second kappa shape index (κ2) is 7.32. The summed E-state index contributed by atoms with van der Waals surface area (Å²) in [5.74, 6) is 1.93. The van der Waals surface area contributed by atoms with E-state index < -0.39 is 0 Å². The van der Waals surface area contributed by atoms with Crippen LogP contribution in [0.1, 0.15) is 25.2 Å². The van der Waals surface area contributed by atoms with Gasteiger partial charge >= 0.3 is 0 Å². The molecule has 6 heteroatoms. The summed E-state index contributed by atoms with van der Waals surface area (Å²) in [7, 11) is 0. The van der Waals surface area contributed by atoms with Crippen molar-refractivity contribution in [3.63, 3.8) is 0 Å². The summed E-state index contributed by atoms with van der Waals surface area (Å²) < 4.78 is 5.75. The van der Waals surface area contributed by atoms with Crippen molar-refractivity contribution in [1.82, 2.24) is 14.8 Å². The summed E-state index contributed by atoms with van der Waals surface area (Å²) in [6.07, 6.45) is 4.63. The van der Waals surface area contributed by atoms with Crippen molar-refractivity contribution in [2.75, 3.05) is 26.2 Å². The van der Waals surface area contributed by atoms with Crippen LogP contribution in [0.2, 0.25) is 0 Å². The van der Waals surface area contributed by atoms with Crippen molar-refractivity contribution in [2.45, 2.75) is 25.7 Å². The van der Waals surface area contributed by atoms with E-state index >= 15 is 0 Å². The fraction of sp³-hybridized carbons (Fsp3) is 0.450. The van der Waals surface area contributed by atoms with E-state index in [1.165, 1.54) is 0 Å². The second-order valence-corrected chi connectivity index (χ2v) is 6.96. The quantitative estimate of drug-likeness (QED) is 0.828. The van der Waals surface area contributed by atoms with Crippen molar-refractivity contribution < 1.29 is 14.0 Å². The number of amides is 2. The first kappa shape index (κ1) is 16.8. The smallest absolute Gasteiger partial charge is 0.225 e. The summed E-state index contributed by atoms with van der Waals surface area (Å²) >= 11 is 0. The molecule has 1 aromatic heterocycles. The van der Waals surface area contributed by atoms with Crippen LogP contribution in [0.25, 0.3) is 11.3 Å². The molecule has 1 aliphatic carbocycles. The topological polar surface area (TPSA) is 66.7 Å². The van der Waals surface area contributed by atoms with Gasteiger partial charge in [0, 0.05) is 50.5 Å². The normalized spacial score (nSPS) is 17.4. The number of benzene rings is 1. The molecule has 1 aromatic carbocycles. The van der Waals surface area contributed by atoms with Crippen LogP contribution in [0.15, 0.2) is 40.9 Å². The van der Waals surface area contributed by atoms with E-state index in [0.717, 1.165) is 24.2 Å². The Morgan fingerprint density at radius 3 is 2.42 bits per heavy atom.